The zero-order valence-electron chi connectivity index (χ0n) is 9.45. The molecule has 0 saturated carbocycles. The summed E-state index contributed by atoms with van der Waals surface area (Å²) in [7, 11) is 4.19. The SMILES string of the molecule is CC(=O)CC(C1CCSCC1)N(C)C. The molecular formula is C11H21NOS. The van der Waals surface area contributed by atoms with Crippen LogP contribution in [0.15, 0.2) is 0 Å². The topological polar surface area (TPSA) is 20.3 Å². The molecule has 0 amide bonds. The van der Waals surface area contributed by atoms with E-state index in [2.05, 4.69) is 19.0 Å². The number of hydrogen-bond donors (Lipinski definition) is 0. The number of thioether (sulfide) groups is 1. The molecule has 0 N–H and O–H groups in total. The van der Waals surface area contributed by atoms with Crippen LogP contribution in [-0.4, -0.2) is 42.3 Å². The summed E-state index contributed by atoms with van der Waals surface area (Å²) in [5.74, 6) is 3.59. The van der Waals surface area contributed by atoms with E-state index in [4.69, 9.17) is 0 Å². The van der Waals surface area contributed by atoms with Gasteiger partial charge >= 0.3 is 0 Å². The largest absolute Gasteiger partial charge is 0.306 e. The quantitative estimate of drug-likeness (QED) is 0.716. The molecule has 0 aliphatic carbocycles. The molecule has 0 radical (unpaired) electrons. The molecule has 1 atom stereocenters. The Balaban J connectivity index is 2.51. The standard InChI is InChI=1S/C11H21NOS/c1-9(13)8-11(12(2)3)10-4-6-14-7-5-10/h10-11H,4-8H2,1-3H3. The number of Topliss-reactive ketones (excluding diaryl/α,β-unsaturated/α-hetero) is 1. The van der Waals surface area contributed by atoms with Crippen molar-refractivity contribution in [3.63, 3.8) is 0 Å². The van der Waals surface area contributed by atoms with Crippen molar-refractivity contribution in [2.45, 2.75) is 32.2 Å². The molecule has 1 aliphatic heterocycles. The maximum Gasteiger partial charge on any atom is 0.131 e. The van der Waals surface area contributed by atoms with E-state index in [-0.39, 0.29) is 0 Å². The zero-order chi connectivity index (χ0) is 10.6. The molecule has 1 saturated heterocycles. The van der Waals surface area contributed by atoms with E-state index in [1.54, 1.807) is 6.92 Å². The second-order valence-corrected chi connectivity index (χ2v) is 5.61. The minimum absolute atomic E-state index is 0.321. The lowest BCUT2D eigenvalue weighted by Gasteiger charge is -2.34. The molecule has 82 valence electrons. The number of nitrogens with zero attached hydrogens (tertiary/aromatic N) is 1. The Morgan fingerprint density at radius 1 is 1.43 bits per heavy atom. The van der Waals surface area contributed by atoms with E-state index in [0.717, 1.165) is 12.3 Å². The maximum atomic E-state index is 11.2. The van der Waals surface area contributed by atoms with Gasteiger partial charge in [0.15, 0.2) is 0 Å². The number of ketones is 1. The number of carbonyl (C=O) groups is 1. The van der Waals surface area contributed by atoms with Crippen molar-refractivity contribution >= 4 is 17.5 Å². The highest BCUT2D eigenvalue weighted by Crippen LogP contribution is 2.28. The van der Waals surface area contributed by atoms with E-state index in [1.165, 1.54) is 24.3 Å². The Kier molecular flexibility index (Phi) is 4.96. The van der Waals surface area contributed by atoms with Crippen LogP contribution in [0.4, 0.5) is 0 Å². The van der Waals surface area contributed by atoms with Gasteiger partial charge in [-0.3, -0.25) is 4.79 Å². The Morgan fingerprint density at radius 2 is 2.00 bits per heavy atom. The molecule has 0 aromatic carbocycles. The van der Waals surface area contributed by atoms with E-state index in [0.29, 0.717) is 11.8 Å². The monoisotopic (exact) mass is 215 g/mol. The third-order valence-corrected chi connectivity index (χ3v) is 4.02. The van der Waals surface area contributed by atoms with Crippen LogP contribution in [0.1, 0.15) is 26.2 Å². The first-order valence-corrected chi connectivity index (χ1v) is 6.50. The number of rotatable bonds is 4. The smallest absolute Gasteiger partial charge is 0.131 e. The summed E-state index contributed by atoms with van der Waals surface area (Å²) >= 11 is 2.04. The summed E-state index contributed by atoms with van der Waals surface area (Å²) < 4.78 is 0. The number of hydrogen-bond acceptors (Lipinski definition) is 3. The number of carbonyl (C=O) groups excluding carboxylic acids is 1. The van der Waals surface area contributed by atoms with Crippen molar-refractivity contribution in [1.29, 1.82) is 0 Å². The molecule has 0 aromatic heterocycles. The van der Waals surface area contributed by atoms with Gasteiger partial charge in [0.05, 0.1) is 0 Å². The van der Waals surface area contributed by atoms with Gasteiger partial charge in [-0.1, -0.05) is 0 Å². The first kappa shape index (κ1) is 12.1. The molecule has 2 nitrogen and oxygen atoms in total. The van der Waals surface area contributed by atoms with Gasteiger partial charge in [0.25, 0.3) is 0 Å². The van der Waals surface area contributed by atoms with Gasteiger partial charge in [0.1, 0.15) is 5.78 Å². The third kappa shape index (κ3) is 3.62. The fraction of sp³-hybridized carbons (Fsp3) is 0.909. The van der Waals surface area contributed by atoms with Crippen LogP contribution in [0.25, 0.3) is 0 Å². The summed E-state index contributed by atoms with van der Waals surface area (Å²) in [5.41, 5.74) is 0. The van der Waals surface area contributed by atoms with Crippen LogP contribution in [0.3, 0.4) is 0 Å². The predicted molar refractivity (Wildman–Crippen MR) is 62.8 cm³/mol. The second kappa shape index (κ2) is 5.76. The molecule has 1 rings (SSSR count). The lowest BCUT2D eigenvalue weighted by molar-refractivity contribution is -0.118. The van der Waals surface area contributed by atoms with Gasteiger partial charge in [0.2, 0.25) is 0 Å². The van der Waals surface area contributed by atoms with E-state index in [1.807, 2.05) is 11.8 Å². The first-order chi connectivity index (χ1) is 6.61. The molecule has 3 heteroatoms. The fourth-order valence-electron chi connectivity index (χ4n) is 2.17. The Morgan fingerprint density at radius 3 is 2.43 bits per heavy atom. The molecule has 1 unspecified atom stereocenters. The van der Waals surface area contributed by atoms with Crippen LogP contribution in [0.2, 0.25) is 0 Å². The lowest BCUT2D eigenvalue weighted by atomic mass is 9.89. The van der Waals surface area contributed by atoms with Gasteiger partial charge in [-0.15, -0.1) is 0 Å². The van der Waals surface area contributed by atoms with Crippen molar-refractivity contribution < 1.29 is 4.79 Å². The third-order valence-electron chi connectivity index (χ3n) is 2.97. The van der Waals surface area contributed by atoms with Gasteiger partial charge in [-0.05, 0) is 51.3 Å². The fourth-order valence-corrected chi connectivity index (χ4v) is 3.31. The van der Waals surface area contributed by atoms with Crippen molar-refractivity contribution in [2.75, 3.05) is 25.6 Å². The van der Waals surface area contributed by atoms with Gasteiger partial charge in [0, 0.05) is 12.5 Å². The first-order valence-electron chi connectivity index (χ1n) is 5.35. The van der Waals surface area contributed by atoms with Crippen molar-refractivity contribution in [1.82, 2.24) is 4.90 Å². The Labute approximate surface area is 91.4 Å². The summed E-state index contributed by atoms with van der Waals surface area (Å²) in [6.45, 7) is 1.70. The maximum absolute atomic E-state index is 11.2. The summed E-state index contributed by atoms with van der Waals surface area (Å²) in [4.78, 5) is 13.4. The van der Waals surface area contributed by atoms with E-state index < -0.39 is 0 Å². The normalized spacial score (nSPS) is 21.1. The molecule has 1 aliphatic rings. The van der Waals surface area contributed by atoms with Crippen molar-refractivity contribution in [3.8, 4) is 0 Å². The highest BCUT2D eigenvalue weighted by atomic mass is 32.2. The van der Waals surface area contributed by atoms with Crippen molar-refractivity contribution in [2.24, 2.45) is 5.92 Å². The van der Waals surface area contributed by atoms with Crippen molar-refractivity contribution in [3.05, 3.63) is 0 Å². The highest BCUT2D eigenvalue weighted by molar-refractivity contribution is 7.99. The van der Waals surface area contributed by atoms with Crippen LogP contribution in [0.5, 0.6) is 0 Å². The summed E-state index contributed by atoms with van der Waals surface area (Å²) in [5, 5.41) is 0. The summed E-state index contributed by atoms with van der Waals surface area (Å²) in [6, 6.07) is 0.466. The highest BCUT2D eigenvalue weighted by Gasteiger charge is 2.26. The van der Waals surface area contributed by atoms with Crippen LogP contribution < -0.4 is 0 Å². The minimum atomic E-state index is 0.321. The second-order valence-electron chi connectivity index (χ2n) is 4.39. The molecule has 1 fully saturated rings. The molecule has 0 spiro atoms. The zero-order valence-corrected chi connectivity index (χ0v) is 10.3. The van der Waals surface area contributed by atoms with Crippen LogP contribution in [0, 0.1) is 5.92 Å². The van der Waals surface area contributed by atoms with E-state index >= 15 is 0 Å². The van der Waals surface area contributed by atoms with Gasteiger partial charge in [-0.25, -0.2) is 0 Å². The Hall–Kier alpha value is -0.0200. The predicted octanol–water partition coefficient (Wildman–Crippen LogP) is 2.04. The Bertz CT molecular complexity index is 188. The van der Waals surface area contributed by atoms with Gasteiger partial charge < -0.3 is 4.90 Å². The molecular weight excluding hydrogens is 194 g/mol. The minimum Gasteiger partial charge on any atom is -0.306 e. The molecule has 0 bridgehead atoms. The molecule has 14 heavy (non-hydrogen) atoms. The summed E-state index contributed by atoms with van der Waals surface area (Å²) in [6.07, 6.45) is 3.28. The average Bonchev–Trinajstić information content (AvgIpc) is 2.15. The van der Waals surface area contributed by atoms with Crippen LogP contribution in [-0.2, 0) is 4.79 Å². The molecule has 0 aromatic rings. The lowest BCUT2D eigenvalue weighted by Crippen LogP contribution is -2.38. The molecule has 1 heterocycles. The van der Waals surface area contributed by atoms with Gasteiger partial charge in [-0.2, -0.15) is 11.8 Å². The van der Waals surface area contributed by atoms with Crippen LogP contribution >= 0.6 is 11.8 Å². The average molecular weight is 215 g/mol. The van der Waals surface area contributed by atoms with E-state index in [9.17, 15) is 4.79 Å².